The molecule has 164 valence electrons. The Labute approximate surface area is 179 Å². The van der Waals surface area contributed by atoms with Crippen LogP contribution in [0, 0.1) is 26.6 Å². The van der Waals surface area contributed by atoms with Crippen molar-refractivity contribution < 1.29 is 12.8 Å². The van der Waals surface area contributed by atoms with Crippen molar-refractivity contribution in [3.63, 3.8) is 0 Å². The average Bonchev–Trinajstić information content (AvgIpc) is 2.68. The zero-order chi connectivity index (χ0) is 22.5. The third kappa shape index (κ3) is 3.72. The largest absolute Gasteiger partial charge is 0.329 e. The van der Waals surface area contributed by atoms with Crippen LogP contribution in [0.25, 0.3) is 10.9 Å². The van der Waals surface area contributed by atoms with E-state index in [1.165, 1.54) is 16.4 Å². The van der Waals surface area contributed by atoms with Gasteiger partial charge in [0.1, 0.15) is 5.82 Å². The molecule has 4 rings (SSSR count). The fourth-order valence-corrected chi connectivity index (χ4v) is 6.46. The Hall–Kier alpha value is -2.78. The lowest BCUT2D eigenvalue weighted by atomic mass is 10.1. The number of sulfonamides is 1. The Kier molecular flexibility index (Phi) is 5.35. The molecule has 1 aliphatic rings. The van der Waals surface area contributed by atoms with E-state index >= 15 is 0 Å². The SMILES string of the molecule is Cc1cc(C)c(S(=O)(=O)N2CCC(n3c(=O)[nH]c4ccc(F)cc4c3=O)CC2)c(C)c1. The van der Waals surface area contributed by atoms with Gasteiger partial charge in [-0.05, 0) is 62.9 Å². The summed E-state index contributed by atoms with van der Waals surface area (Å²) < 4.78 is 42.7. The molecule has 1 saturated heterocycles. The lowest BCUT2D eigenvalue weighted by molar-refractivity contribution is 0.266. The van der Waals surface area contributed by atoms with Crippen molar-refractivity contribution >= 4 is 20.9 Å². The fourth-order valence-electron chi connectivity index (χ4n) is 4.57. The molecular weight excluding hydrogens is 421 g/mol. The Bertz CT molecular complexity index is 1380. The first-order valence-electron chi connectivity index (χ1n) is 10.1. The monoisotopic (exact) mass is 445 g/mol. The van der Waals surface area contributed by atoms with Gasteiger partial charge in [0.2, 0.25) is 10.0 Å². The predicted molar refractivity (Wildman–Crippen MR) is 116 cm³/mol. The minimum atomic E-state index is -3.70. The highest BCUT2D eigenvalue weighted by atomic mass is 32.2. The second-order valence-corrected chi connectivity index (χ2v) is 10.0. The highest BCUT2D eigenvalue weighted by Crippen LogP contribution is 2.29. The predicted octanol–water partition coefficient (Wildman–Crippen LogP) is 2.78. The number of hydrogen-bond donors (Lipinski definition) is 1. The van der Waals surface area contributed by atoms with Crippen LogP contribution in [0.3, 0.4) is 0 Å². The van der Waals surface area contributed by atoms with Crippen molar-refractivity contribution in [3.8, 4) is 0 Å². The Morgan fingerprint density at radius 1 is 1.00 bits per heavy atom. The summed E-state index contributed by atoms with van der Waals surface area (Å²) >= 11 is 0. The summed E-state index contributed by atoms with van der Waals surface area (Å²) in [5.74, 6) is -0.562. The van der Waals surface area contributed by atoms with E-state index < -0.39 is 33.1 Å². The smallest absolute Gasteiger partial charge is 0.307 e. The molecule has 0 saturated carbocycles. The molecule has 0 atom stereocenters. The molecule has 1 aromatic heterocycles. The standard InChI is InChI=1S/C22H24FN3O4S/c1-13-10-14(2)20(15(3)11-13)31(29,30)25-8-6-17(7-9-25)26-21(27)18-12-16(23)4-5-19(18)24-22(26)28/h4-5,10-12,17H,6-9H2,1-3H3,(H,24,28). The Balaban J connectivity index is 1.64. The first-order valence-corrected chi connectivity index (χ1v) is 11.6. The first kappa shape index (κ1) is 21.5. The molecular formula is C22H24FN3O4S. The maximum absolute atomic E-state index is 13.6. The number of halogens is 1. The maximum Gasteiger partial charge on any atom is 0.329 e. The van der Waals surface area contributed by atoms with Gasteiger partial charge in [0, 0.05) is 19.1 Å². The molecule has 0 aliphatic carbocycles. The lowest BCUT2D eigenvalue weighted by Gasteiger charge is -2.32. The third-order valence-electron chi connectivity index (χ3n) is 5.88. The van der Waals surface area contributed by atoms with Gasteiger partial charge >= 0.3 is 5.69 Å². The Morgan fingerprint density at radius 3 is 2.23 bits per heavy atom. The van der Waals surface area contributed by atoms with E-state index in [0.29, 0.717) is 28.9 Å². The van der Waals surface area contributed by atoms with Crippen LogP contribution < -0.4 is 11.2 Å². The van der Waals surface area contributed by atoms with Gasteiger partial charge in [-0.25, -0.2) is 17.6 Å². The van der Waals surface area contributed by atoms with Crippen LogP contribution in [0.15, 0.2) is 44.8 Å². The van der Waals surface area contributed by atoms with Gasteiger partial charge in [0.05, 0.1) is 15.8 Å². The van der Waals surface area contributed by atoms with E-state index in [9.17, 15) is 22.4 Å². The van der Waals surface area contributed by atoms with Crippen molar-refractivity contribution in [2.45, 2.75) is 44.6 Å². The van der Waals surface area contributed by atoms with Crippen LogP contribution in [0.1, 0.15) is 35.6 Å². The summed E-state index contributed by atoms with van der Waals surface area (Å²) in [5, 5.41) is 0.0977. The van der Waals surface area contributed by atoms with E-state index in [1.807, 2.05) is 19.1 Å². The second kappa shape index (κ2) is 7.72. The van der Waals surface area contributed by atoms with Crippen molar-refractivity contribution in [3.05, 3.63) is 73.7 Å². The van der Waals surface area contributed by atoms with Crippen molar-refractivity contribution in [1.82, 2.24) is 13.9 Å². The molecule has 3 aromatic rings. The molecule has 2 heterocycles. The van der Waals surface area contributed by atoms with E-state index in [2.05, 4.69) is 4.98 Å². The number of aryl methyl sites for hydroxylation is 3. The van der Waals surface area contributed by atoms with Gasteiger partial charge in [-0.1, -0.05) is 17.7 Å². The van der Waals surface area contributed by atoms with Gasteiger partial charge in [-0.2, -0.15) is 4.31 Å². The summed E-state index contributed by atoms with van der Waals surface area (Å²) in [4.78, 5) is 28.3. The summed E-state index contributed by atoms with van der Waals surface area (Å²) in [6.07, 6.45) is 0.625. The number of nitrogens with zero attached hydrogens (tertiary/aromatic N) is 2. The van der Waals surface area contributed by atoms with E-state index in [4.69, 9.17) is 0 Å². The third-order valence-corrected chi connectivity index (χ3v) is 8.09. The molecule has 0 spiro atoms. The lowest BCUT2D eigenvalue weighted by Crippen LogP contribution is -2.45. The number of rotatable bonds is 3. The molecule has 31 heavy (non-hydrogen) atoms. The molecule has 0 unspecified atom stereocenters. The van der Waals surface area contributed by atoms with Gasteiger partial charge < -0.3 is 4.98 Å². The molecule has 1 aliphatic heterocycles. The van der Waals surface area contributed by atoms with E-state index in [0.717, 1.165) is 16.2 Å². The minimum absolute atomic E-state index is 0.0977. The van der Waals surface area contributed by atoms with Crippen LogP contribution in [-0.2, 0) is 10.0 Å². The highest BCUT2D eigenvalue weighted by molar-refractivity contribution is 7.89. The molecule has 2 aromatic carbocycles. The van der Waals surface area contributed by atoms with Crippen molar-refractivity contribution in [1.29, 1.82) is 0 Å². The van der Waals surface area contributed by atoms with Gasteiger partial charge in [-0.3, -0.25) is 9.36 Å². The number of piperidine rings is 1. The summed E-state index contributed by atoms with van der Waals surface area (Å²) in [6.45, 7) is 5.87. The highest BCUT2D eigenvalue weighted by Gasteiger charge is 2.33. The van der Waals surface area contributed by atoms with Crippen molar-refractivity contribution in [2.75, 3.05) is 13.1 Å². The van der Waals surface area contributed by atoms with Crippen molar-refractivity contribution in [2.24, 2.45) is 0 Å². The zero-order valence-corrected chi connectivity index (χ0v) is 18.4. The summed E-state index contributed by atoms with van der Waals surface area (Å²) in [6, 6.07) is 6.88. The van der Waals surface area contributed by atoms with Gasteiger partial charge in [-0.15, -0.1) is 0 Å². The molecule has 1 fully saturated rings. The quantitative estimate of drug-likeness (QED) is 0.671. The topological polar surface area (TPSA) is 92.2 Å². The number of benzene rings is 2. The van der Waals surface area contributed by atoms with Gasteiger partial charge in [0.25, 0.3) is 5.56 Å². The minimum Gasteiger partial charge on any atom is -0.307 e. The number of nitrogens with one attached hydrogen (secondary N) is 1. The van der Waals surface area contributed by atoms with Crippen LogP contribution in [0.4, 0.5) is 4.39 Å². The molecule has 0 amide bonds. The van der Waals surface area contributed by atoms with Crippen LogP contribution in [0.2, 0.25) is 0 Å². The maximum atomic E-state index is 13.6. The molecule has 0 bridgehead atoms. The Morgan fingerprint density at radius 2 is 1.61 bits per heavy atom. The average molecular weight is 446 g/mol. The summed E-state index contributed by atoms with van der Waals surface area (Å²) in [7, 11) is -3.70. The van der Waals surface area contributed by atoms with Gasteiger partial charge in [0.15, 0.2) is 0 Å². The zero-order valence-electron chi connectivity index (χ0n) is 17.6. The van der Waals surface area contributed by atoms with E-state index in [1.54, 1.807) is 13.8 Å². The number of H-pyrrole nitrogens is 1. The molecule has 0 radical (unpaired) electrons. The molecule has 1 N–H and O–H groups in total. The van der Waals surface area contributed by atoms with Crippen LogP contribution in [0.5, 0.6) is 0 Å². The fraction of sp³-hybridized carbons (Fsp3) is 0.364. The van der Waals surface area contributed by atoms with Crippen LogP contribution in [-0.4, -0.2) is 35.4 Å². The van der Waals surface area contributed by atoms with Crippen LogP contribution >= 0.6 is 0 Å². The summed E-state index contributed by atoms with van der Waals surface area (Å²) in [5.41, 5.74) is 1.53. The molecule has 7 nitrogen and oxygen atoms in total. The number of aromatic nitrogens is 2. The number of hydrogen-bond acceptors (Lipinski definition) is 4. The number of aromatic amines is 1. The second-order valence-electron chi connectivity index (χ2n) is 8.16. The normalized spacial score (nSPS) is 16.1. The number of fused-ring (bicyclic) bond motifs is 1. The van der Waals surface area contributed by atoms with E-state index in [-0.39, 0.29) is 24.0 Å². The first-order chi connectivity index (χ1) is 14.6. The molecule has 9 heteroatoms.